The summed E-state index contributed by atoms with van der Waals surface area (Å²) < 4.78 is 0. The van der Waals surface area contributed by atoms with Crippen molar-refractivity contribution in [1.82, 2.24) is 14.8 Å². The highest BCUT2D eigenvalue weighted by atomic mass is 16.4. The third kappa shape index (κ3) is 3.72. The van der Waals surface area contributed by atoms with E-state index in [9.17, 15) is 19.5 Å². The van der Waals surface area contributed by atoms with Crippen molar-refractivity contribution in [1.29, 1.82) is 0 Å². The fraction of sp³-hybridized carbons (Fsp3) is 0.364. The summed E-state index contributed by atoms with van der Waals surface area (Å²) in [7, 11) is 0. The van der Waals surface area contributed by atoms with E-state index in [4.69, 9.17) is 0 Å². The minimum atomic E-state index is -1.32. The fourth-order valence-electron chi connectivity index (χ4n) is 3.74. The Morgan fingerprint density at radius 3 is 2.28 bits per heavy atom. The number of nitrogens with zero attached hydrogens (tertiary/aromatic N) is 3. The zero-order chi connectivity index (χ0) is 21.2. The average molecular weight is 395 g/mol. The number of imide groups is 1. The minimum Gasteiger partial charge on any atom is -0.480 e. The molecule has 0 spiro atoms. The van der Waals surface area contributed by atoms with Crippen LogP contribution < -0.4 is 0 Å². The summed E-state index contributed by atoms with van der Waals surface area (Å²) in [6.07, 6.45) is 3.31. The Morgan fingerprint density at radius 1 is 1.10 bits per heavy atom. The molecule has 1 aromatic heterocycles. The molecule has 0 unspecified atom stereocenters. The predicted octanol–water partition coefficient (Wildman–Crippen LogP) is 3.26. The lowest BCUT2D eigenvalue weighted by molar-refractivity contribution is -0.148. The number of carboxylic acids is 1. The molecule has 7 nitrogen and oxygen atoms in total. The number of rotatable bonds is 7. The standard InChI is InChI=1S/C22H25N3O4/c1-15(2)13-18(19(26)27)25-20(28)22(3,17-9-11-23-12-10-17)24(21(25)29)14-16-7-5-4-6-8-16/h4-12,15,18H,13-14H2,1-3H3,(H,26,27)/t18-,22-/m1/s1. The summed E-state index contributed by atoms with van der Waals surface area (Å²) in [6, 6.07) is 10.9. The Balaban J connectivity index is 2.09. The average Bonchev–Trinajstić information content (AvgIpc) is 2.89. The van der Waals surface area contributed by atoms with Gasteiger partial charge < -0.3 is 10.0 Å². The molecule has 29 heavy (non-hydrogen) atoms. The molecule has 0 aliphatic carbocycles. The Morgan fingerprint density at radius 2 is 1.72 bits per heavy atom. The summed E-state index contributed by atoms with van der Waals surface area (Å²) in [5.74, 6) is -1.70. The second kappa shape index (κ2) is 8.03. The van der Waals surface area contributed by atoms with Gasteiger partial charge in [0.05, 0.1) is 0 Å². The van der Waals surface area contributed by atoms with E-state index < -0.39 is 29.5 Å². The summed E-state index contributed by atoms with van der Waals surface area (Å²) >= 11 is 0. The van der Waals surface area contributed by atoms with E-state index in [0.29, 0.717) is 5.56 Å². The number of benzene rings is 1. The maximum atomic E-state index is 13.5. The number of carbonyl (C=O) groups excluding carboxylic acids is 2. The Hall–Kier alpha value is -3.22. The van der Waals surface area contributed by atoms with Crippen LogP contribution in [-0.2, 0) is 21.7 Å². The molecule has 1 aliphatic rings. The molecule has 2 atom stereocenters. The van der Waals surface area contributed by atoms with Crippen LogP contribution in [0.5, 0.6) is 0 Å². The topological polar surface area (TPSA) is 90.8 Å². The first-order valence-corrected chi connectivity index (χ1v) is 9.59. The molecule has 3 amide bonds. The van der Waals surface area contributed by atoms with Crippen LogP contribution in [-0.4, -0.2) is 43.8 Å². The molecule has 0 saturated carbocycles. The smallest absolute Gasteiger partial charge is 0.329 e. The van der Waals surface area contributed by atoms with Crippen LogP contribution in [0, 0.1) is 5.92 Å². The number of pyridine rings is 1. The van der Waals surface area contributed by atoms with E-state index in [2.05, 4.69) is 4.98 Å². The maximum Gasteiger partial charge on any atom is 0.329 e. The van der Waals surface area contributed by atoms with Crippen molar-refractivity contribution in [2.45, 2.75) is 45.3 Å². The number of carbonyl (C=O) groups is 3. The van der Waals surface area contributed by atoms with E-state index in [-0.39, 0.29) is 18.9 Å². The quantitative estimate of drug-likeness (QED) is 0.727. The summed E-state index contributed by atoms with van der Waals surface area (Å²) in [4.78, 5) is 45.3. The third-order valence-electron chi connectivity index (χ3n) is 5.33. The molecule has 1 fully saturated rings. The molecule has 1 aliphatic heterocycles. The number of aliphatic carboxylic acids is 1. The lowest BCUT2D eigenvalue weighted by Gasteiger charge is -2.32. The molecule has 2 aromatic rings. The fourth-order valence-corrected chi connectivity index (χ4v) is 3.74. The molecule has 0 bridgehead atoms. The number of hydrogen-bond acceptors (Lipinski definition) is 4. The normalized spacial score (nSPS) is 20.4. The van der Waals surface area contributed by atoms with Gasteiger partial charge in [0.25, 0.3) is 5.91 Å². The highest BCUT2D eigenvalue weighted by Crippen LogP contribution is 2.39. The van der Waals surface area contributed by atoms with Gasteiger partial charge in [0.15, 0.2) is 0 Å². The van der Waals surface area contributed by atoms with Gasteiger partial charge in [-0.1, -0.05) is 44.2 Å². The van der Waals surface area contributed by atoms with Crippen LogP contribution >= 0.6 is 0 Å². The Kier molecular flexibility index (Phi) is 5.68. The van der Waals surface area contributed by atoms with Crippen molar-refractivity contribution in [3.8, 4) is 0 Å². The van der Waals surface area contributed by atoms with Crippen molar-refractivity contribution in [2.24, 2.45) is 5.92 Å². The first kappa shape index (κ1) is 20.5. The number of hydrogen-bond donors (Lipinski definition) is 1. The molecule has 3 rings (SSSR count). The van der Waals surface area contributed by atoms with E-state index in [1.165, 1.54) is 4.90 Å². The predicted molar refractivity (Wildman–Crippen MR) is 107 cm³/mol. The molecule has 152 valence electrons. The van der Waals surface area contributed by atoms with Gasteiger partial charge in [0.1, 0.15) is 11.6 Å². The van der Waals surface area contributed by atoms with Crippen LogP contribution in [0.2, 0.25) is 0 Å². The van der Waals surface area contributed by atoms with Gasteiger partial charge in [-0.15, -0.1) is 0 Å². The van der Waals surface area contributed by atoms with Crippen LogP contribution in [0.25, 0.3) is 0 Å². The molecule has 0 radical (unpaired) electrons. The minimum absolute atomic E-state index is 0.00653. The zero-order valence-electron chi connectivity index (χ0n) is 16.8. The highest BCUT2D eigenvalue weighted by Gasteiger charge is 2.58. The molecular weight excluding hydrogens is 370 g/mol. The van der Waals surface area contributed by atoms with Gasteiger partial charge in [0, 0.05) is 18.9 Å². The first-order valence-electron chi connectivity index (χ1n) is 9.59. The van der Waals surface area contributed by atoms with E-state index >= 15 is 0 Å². The molecule has 2 heterocycles. The molecule has 1 N–H and O–H groups in total. The van der Waals surface area contributed by atoms with Crippen LogP contribution in [0.3, 0.4) is 0 Å². The van der Waals surface area contributed by atoms with Crippen molar-refractivity contribution in [3.63, 3.8) is 0 Å². The van der Waals surface area contributed by atoms with Gasteiger partial charge in [-0.3, -0.25) is 9.78 Å². The summed E-state index contributed by atoms with van der Waals surface area (Å²) in [5.41, 5.74) is 0.130. The lowest BCUT2D eigenvalue weighted by Crippen LogP contribution is -2.47. The monoisotopic (exact) mass is 395 g/mol. The van der Waals surface area contributed by atoms with Gasteiger partial charge in [-0.25, -0.2) is 14.5 Å². The van der Waals surface area contributed by atoms with Gasteiger partial charge in [-0.2, -0.15) is 0 Å². The summed E-state index contributed by atoms with van der Waals surface area (Å²) in [5, 5.41) is 9.76. The van der Waals surface area contributed by atoms with Crippen molar-refractivity contribution in [2.75, 3.05) is 0 Å². The Bertz CT molecular complexity index is 901. The maximum absolute atomic E-state index is 13.5. The van der Waals surface area contributed by atoms with Crippen LogP contribution in [0.15, 0.2) is 54.9 Å². The van der Waals surface area contributed by atoms with Crippen molar-refractivity contribution < 1.29 is 19.5 Å². The summed E-state index contributed by atoms with van der Waals surface area (Å²) in [6.45, 7) is 5.59. The first-order chi connectivity index (χ1) is 13.8. The number of aromatic nitrogens is 1. The Labute approximate surface area is 170 Å². The zero-order valence-corrected chi connectivity index (χ0v) is 16.8. The highest BCUT2D eigenvalue weighted by molar-refractivity contribution is 6.09. The second-order valence-electron chi connectivity index (χ2n) is 7.82. The van der Waals surface area contributed by atoms with E-state index in [1.807, 2.05) is 44.2 Å². The van der Waals surface area contributed by atoms with Crippen molar-refractivity contribution >= 4 is 17.9 Å². The lowest BCUT2D eigenvalue weighted by atomic mass is 9.90. The number of urea groups is 1. The van der Waals surface area contributed by atoms with E-state index in [1.54, 1.807) is 31.5 Å². The van der Waals surface area contributed by atoms with Crippen LogP contribution in [0.1, 0.15) is 38.3 Å². The second-order valence-corrected chi connectivity index (χ2v) is 7.82. The SMILES string of the molecule is CC(C)C[C@H](C(=O)O)N1C(=O)N(Cc2ccccc2)[C@](C)(c2ccncc2)C1=O. The largest absolute Gasteiger partial charge is 0.480 e. The van der Waals surface area contributed by atoms with Gasteiger partial charge in [-0.05, 0) is 42.5 Å². The molecular formula is C22H25N3O4. The van der Waals surface area contributed by atoms with E-state index in [0.717, 1.165) is 10.5 Å². The van der Waals surface area contributed by atoms with Gasteiger partial charge >= 0.3 is 12.0 Å². The molecule has 1 saturated heterocycles. The third-order valence-corrected chi connectivity index (χ3v) is 5.33. The van der Waals surface area contributed by atoms with Crippen LogP contribution in [0.4, 0.5) is 4.79 Å². The molecule has 1 aromatic carbocycles. The van der Waals surface area contributed by atoms with Gasteiger partial charge in [0.2, 0.25) is 0 Å². The van der Waals surface area contributed by atoms with Crippen molar-refractivity contribution in [3.05, 3.63) is 66.0 Å². The molecule has 7 heteroatoms. The number of carboxylic acid groups (broad SMARTS) is 1. The number of amides is 3.